The lowest BCUT2D eigenvalue weighted by Gasteiger charge is -1.96. The number of ketones is 1. The van der Waals surface area contributed by atoms with Crippen LogP contribution < -0.4 is 0 Å². The molecule has 0 radical (unpaired) electrons. The number of hydrogen-bond acceptors (Lipinski definition) is 4. The molecule has 0 fully saturated rings. The Kier molecular flexibility index (Phi) is 2.69. The largest absolute Gasteiger partial charge is 0.287 e. The molecular formula is C9H5BrN2OS. The SMILES string of the molecule is O=C(c1cccc(Br)c1)c1cnsn1. The van der Waals surface area contributed by atoms with Crippen molar-refractivity contribution in [3.05, 3.63) is 46.2 Å². The van der Waals surface area contributed by atoms with Crippen LogP contribution >= 0.6 is 27.7 Å². The standard InChI is InChI=1S/C9H5BrN2OS/c10-7-3-1-2-6(4-7)9(13)8-5-11-14-12-8/h1-5H. The molecule has 2 rings (SSSR count). The van der Waals surface area contributed by atoms with Crippen molar-refractivity contribution in [2.45, 2.75) is 0 Å². The maximum Gasteiger partial charge on any atom is 0.214 e. The van der Waals surface area contributed by atoms with E-state index in [2.05, 4.69) is 24.7 Å². The zero-order chi connectivity index (χ0) is 9.97. The van der Waals surface area contributed by atoms with Crippen LogP contribution in [0.2, 0.25) is 0 Å². The molecule has 1 heterocycles. The van der Waals surface area contributed by atoms with Gasteiger partial charge in [0.1, 0.15) is 5.69 Å². The van der Waals surface area contributed by atoms with Crippen molar-refractivity contribution in [3.63, 3.8) is 0 Å². The first-order valence-corrected chi connectivity index (χ1v) is 5.37. The minimum absolute atomic E-state index is 0.0972. The molecule has 1 aromatic heterocycles. The molecule has 70 valence electrons. The lowest BCUT2D eigenvalue weighted by Crippen LogP contribution is -2.00. The fourth-order valence-electron chi connectivity index (χ4n) is 1.04. The summed E-state index contributed by atoms with van der Waals surface area (Å²) in [4.78, 5) is 11.7. The second-order valence-corrected chi connectivity index (χ2v) is 4.10. The number of hydrogen-bond donors (Lipinski definition) is 0. The highest BCUT2D eigenvalue weighted by atomic mass is 79.9. The molecule has 0 aliphatic rings. The van der Waals surface area contributed by atoms with Crippen LogP contribution in [-0.2, 0) is 0 Å². The molecule has 0 aliphatic carbocycles. The van der Waals surface area contributed by atoms with E-state index in [4.69, 9.17) is 0 Å². The molecule has 2 aromatic rings. The van der Waals surface area contributed by atoms with Gasteiger partial charge in [0.15, 0.2) is 0 Å². The van der Waals surface area contributed by atoms with E-state index in [0.717, 1.165) is 16.2 Å². The molecule has 0 saturated carbocycles. The zero-order valence-corrected chi connectivity index (χ0v) is 9.38. The third-order valence-corrected chi connectivity index (χ3v) is 2.65. The zero-order valence-electron chi connectivity index (χ0n) is 6.98. The molecule has 5 heteroatoms. The Hall–Kier alpha value is -1.07. The molecule has 1 aromatic carbocycles. The van der Waals surface area contributed by atoms with Gasteiger partial charge >= 0.3 is 0 Å². The average Bonchev–Trinajstić information content (AvgIpc) is 2.69. The van der Waals surface area contributed by atoms with Crippen molar-refractivity contribution in [3.8, 4) is 0 Å². The summed E-state index contributed by atoms with van der Waals surface area (Å²) in [5.74, 6) is -0.0972. The maximum atomic E-state index is 11.7. The lowest BCUT2D eigenvalue weighted by atomic mass is 10.1. The fraction of sp³-hybridized carbons (Fsp3) is 0. The Bertz CT molecular complexity index is 456. The van der Waals surface area contributed by atoms with Gasteiger partial charge in [-0.2, -0.15) is 8.75 Å². The summed E-state index contributed by atoms with van der Waals surface area (Å²) in [5.41, 5.74) is 1.01. The normalized spacial score (nSPS) is 10.1. The predicted molar refractivity (Wildman–Crippen MR) is 57.5 cm³/mol. The average molecular weight is 269 g/mol. The number of halogens is 1. The first-order chi connectivity index (χ1) is 6.77. The Labute approximate surface area is 93.2 Å². The minimum atomic E-state index is -0.0972. The Balaban J connectivity index is 2.37. The molecule has 0 aliphatic heterocycles. The number of carbonyl (C=O) groups is 1. The third kappa shape index (κ3) is 1.88. The van der Waals surface area contributed by atoms with Gasteiger partial charge in [-0.15, -0.1) is 0 Å². The van der Waals surface area contributed by atoms with Gasteiger partial charge in [-0.25, -0.2) is 0 Å². The number of aromatic nitrogens is 2. The van der Waals surface area contributed by atoms with Gasteiger partial charge < -0.3 is 0 Å². The molecule has 0 unspecified atom stereocenters. The Morgan fingerprint density at radius 1 is 1.43 bits per heavy atom. The smallest absolute Gasteiger partial charge is 0.214 e. The molecule has 0 saturated heterocycles. The molecule has 0 amide bonds. The molecular weight excluding hydrogens is 264 g/mol. The summed E-state index contributed by atoms with van der Waals surface area (Å²) in [6.45, 7) is 0. The summed E-state index contributed by atoms with van der Waals surface area (Å²) < 4.78 is 8.56. The second-order valence-electron chi connectivity index (χ2n) is 2.63. The van der Waals surface area contributed by atoms with Crippen molar-refractivity contribution in [1.82, 2.24) is 8.75 Å². The monoisotopic (exact) mass is 268 g/mol. The third-order valence-electron chi connectivity index (χ3n) is 1.68. The van der Waals surface area contributed by atoms with E-state index in [9.17, 15) is 4.79 Å². The quantitative estimate of drug-likeness (QED) is 0.787. The molecule has 0 spiro atoms. The highest BCUT2D eigenvalue weighted by molar-refractivity contribution is 9.10. The minimum Gasteiger partial charge on any atom is -0.287 e. The van der Waals surface area contributed by atoms with E-state index in [0.29, 0.717) is 11.3 Å². The van der Waals surface area contributed by atoms with Crippen molar-refractivity contribution in [2.75, 3.05) is 0 Å². The number of nitrogens with zero attached hydrogens (tertiary/aromatic N) is 2. The van der Waals surface area contributed by atoms with Crippen molar-refractivity contribution < 1.29 is 4.79 Å². The van der Waals surface area contributed by atoms with Gasteiger partial charge in [0.2, 0.25) is 5.78 Å². The van der Waals surface area contributed by atoms with Crippen molar-refractivity contribution in [2.24, 2.45) is 0 Å². The van der Waals surface area contributed by atoms with E-state index in [1.807, 2.05) is 12.1 Å². The van der Waals surface area contributed by atoms with E-state index in [1.165, 1.54) is 6.20 Å². The topological polar surface area (TPSA) is 42.9 Å². The molecule has 3 nitrogen and oxygen atoms in total. The highest BCUT2D eigenvalue weighted by Crippen LogP contribution is 2.14. The summed E-state index contributed by atoms with van der Waals surface area (Å²) in [6, 6.07) is 7.21. The van der Waals surface area contributed by atoms with Gasteiger partial charge in [-0.3, -0.25) is 4.79 Å². The van der Waals surface area contributed by atoms with E-state index in [1.54, 1.807) is 12.1 Å². The van der Waals surface area contributed by atoms with Crippen LogP contribution in [0.3, 0.4) is 0 Å². The lowest BCUT2D eigenvalue weighted by molar-refractivity contribution is 0.103. The van der Waals surface area contributed by atoms with Crippen LogP contribution in [0.1, 0.15) is 16.1 Å². The summed E-state index contributed by atoms with van der Waals surface area (Å²) in [7, 11) is 0. The number of rotatable bonds is 2. The first kappa shape index (κ1) is 9.48. The van der Waals surface area contributed by atoms with Crippen LogP contribution in [0.15, 0.2) is 34.9 Å². The van der Waals surface area contributed by atoms with Gasteiger partial charge in [0.25, 0.3) is 0 Å². The van der Waals surface area contributed by atoms with Crippen LogP contribution in [0.4, 0.5) is 0 Å². The van der Waals surface area contributed by atoms with Gasteiger partial charge in [0, 0.05) is 10.0 Å². The first-order valence-electron chi connectivity index (χ1n) is 3.85. The van der Waals surface area contributed by atoms with Crippen LogP contribution in [0.25, 0.3) is 0 Å². The van der Waals surface area contributed by atoms with Gasteiger partial charge in [-0.1, -0.05) is 28.1 Å². The Morgan fingerprint density at radius 2 is 2.29 bits per heavy atom. The van der Waals surface area contributed by atoms with Gasteiger partial charge in [-0.05, 0) is 12.1 Å². The Morgan fingerprint density at radius 3 is 2.93 bits per heavy atom. The number of carbonyl (C=O) groups excluding carboxylic acids is 1. The second kappa shape index (κ2) is 3.98. The molecule has 0 atom stereocenters. The van der Waals surface area contributed by atoms with Crippen LogP contribution in [-0.4, -0.2) is 14.5 Å². The van der Waals surface area contributed by atoms with Crippen LogP contribution in [0.5, 0.6) is 0 Å². The van der Waals surface area contributed by atoms with E-state index < -0.39 is 0 Å². The summed E-state index contributed by atoms with van der Waals surface area (Å²) in [5, 5.41) is 0. The summed E-state index contributed by atoms with van der Waals surface area (Å²) >= 11 is 4.34. The van der Waals surface area contributed by atoms with Gasteiger partial charge in [0.05, 0.1) is 17.9 Å². The van der Waals surface area contributed by atoms with E-state index in [-0.39, 0.29) is 5.78 Å². The van der Waals surface area contributed by atoms with Crippen LogP contribution in [0, 0.1) is 0 Å². The highest BCUT2D eigenvalue weighted by Gasteiger charge is 2.11. The van der Waals surface area contributed by atoms with Crippen molar-refractivity contribution in [1.29, 1.82) is 0 Å². The predicted octanol–water partition coefficient (Wildman–Crippen LogP) is 2.53. The van der Waals surface area contributed by atoms with E-state index >= 15 is 0 Å². The molecule has 0 N–H and O–H groups in total. The molecule has 0 bridgehead atoms. The fourth-order valence-corrected chi connectivity index (χ4v) is 1.85. The number of benzene rings is 1. The maximum absolute atomic E-state index is 11.7. The van der Waals surface area contributed by atoms with Crippen molar-refractivity contribution >= 4 is 33.4 Å². The summed E-state index contributed by atoms with van der Waals surface area (Å²) in [6.07, 6.45) is 1.48. The molecule has 14 heavy (non-hydrogen) atoms.